The number of aromatic nitrogens is 1. The average Bonchev–Trinajstić information content (AvgIpc) is 2.89. The minimum Gasteiger partial charge on any atom is -0.438 e. The Hall–Kier alpha value is -0.960. The highest BCUT2D eigenvalue weighted by Gasteiger charge is 2.21. The highest BCUT2D eigenvalue weighted by molar-refractivity contribution is 7.13. The lowest BCUT2D eigenvalue weighted by Crippen LogP contribution is -2.24. The van der Waals surface area contributed by atoms with Crippen LogP contribution < -0.4 is 4.74 Å². The van der Waals surface area contributed by atoms with E-state index in [1.54, 1.807) is 11.3 Å². The van der Waals surface area contributed by atoms with Crippen molar-refractivity contribution in [1.29, 1.82) is 0 Å². The molecule has 0 radical (unpaired) electrons. The molecule has 3 nitrogen and oxygen atoms in total. The van der Waals surface area contributed by atoms with Gasteiger partial charge >= 0.3 is 0 Å². The van der Waals surface area contributed by atoms with Crippen LogP contribution in [0.4, 0.5) is 0 Å². The van der Waals surface area contributed by atoms with Gasteiger partial charge in [-0.2, -0.15) is 0 Å². The van der Waals surface area contributed by atoms with Crippen LogP contribution in [0.25, 0.3) is 0 Å². The molecule has 0 spiro atoms. The lowest BCUT2D eigenvalue weighted by molar-refractivity contribution is 0.343. The molecule has 1 aromatic heterocycles. The third kappa shape index (κ3) is 3.33. The van der Waals surface area contributed by atoms with E-state index in [9.17, 15) is 0 Å². The van der Waals surface area contributed by atoms with E-state index in [1.165, 1.54) is 17.8 Å². The zero-order valence-corrected chi connectivity index (χ0v) is 12.6. The number of rotatable bonds is 3. The van der Waals surface area contributed by atoms with E-state index in [2.05, 4.69) is 19.0 Å². The average molecular weight is 292 g/mol. The number of thiazole rings is 1. The third-order valence-corrected chi connectivity index (χ3v) is 4.85. The van der Waals surface area contributed by atoms with Crippen molar-refractivity contribution in [3.8, 4) is 11.6 Å². The van der Waals surface area contributed by atoms with E-state index in [0.717, 1.165) is 24.7 Å². The summed E-state index contributed by atoms with van der Waals surface area (Å²) in [5, 5.41) is 3.22. The molecule has 0 amide bonds. The first-order chi connectivity index (χ1) is 9.31. The van der Waals surface area contributed by atoms with E-state index in [4.69, 9.17) is 4.74 Å². The van der Waals surface area contributed by atoms with Crippen LogP contribution in [0, 0.1) is 0 Å². The van der Waals surface area contributed by atoms with E-state index in [-0.39, 0.29) is 0 Å². The van der Waals surface area contributed by atoms with Gasteiger partial charge in [0.05, 0.1) is 10.4 Å². The molecule has 0 aliphatic carbocycles. The van der Waals surface area contributed by atoms with Crippen LogP contribution >= 0.6 is 20.7 Å². The van der Waals surface area contributed by atoms with Crippen molar-refractivity contribution in [2.45, 2.75) is 18.8 Å². The van der Waals surface area contributed by atoms with E-state index < -0.39 is 0 Å². The van der Waals surface area contributed by atoms with Crippen molar-refractivity contribution >= 4 is 20.7 Å². The molecule has 1 atom stereocenters. The fraction of sp³-hybridized carbons (Fsp3) is 0.357. The highest BCUT2D eigenvalue weighted by Crippen LogP contribution is 2.33. The number of hydrogen-bond acceptors (Lipinski definition) is 4. The van der Waals surface area contributed by atoms with Crippen molar-refractivity contribution in [3.05, 3.63) is 40.7 Å². The number of ether oxygens (including phenoxy) is 1. The molecule has 1 unspecified atom stereocenters. The van der Waals surface area contributed by atoms with Gasteiger partial charge < -0.3 is 4.74 Å². The fourth-order valence-electron chi connectivity index (χ4n) is 2.26. The molecule has 0 saturated carbocycles. The Morgan fingerprint density at radius 1 is 1.21 bits per heavy atom. The molecule has 0 N–H and O–H groups in total. The summed E-state index contributed by atoms with van der Waals surface area (Å²) in [6, 6.07) is 9.82. The Bertz CT molecular complexity index is 523. The normalized spacial score (nSPS) is 17.5. The quantitative estimate of drug-likeness (QED) is 0.802. The first-order valence-corrected chi connectivity index (χ1v) is 7.89. The molecule has 1 fully saturated rings. The molecule has 1 aromatic carbocycles. The lowest BCUT2D eigenvalue weighted by Gasteiger charge is -2.27. The zero-order chi connectivity index (χ0) is 13.1. The largest absolute Gasteiger partial charge is 0.438 e. The van der Waals surface area contributed by atoms with Gasteiger partial charge in [0.15, 0.2) is 0 Å². The molecule has 2 heterocycles. The second-order valence-electron chi connectivity index (χ2n) is 4.75. The van der Waals surface area contributed by atoms with Crippen molar-refractivity contribution in [1.82, 2.24) is 9.65 Å². The molecule has 3 rings (SSSR count). The predicted molar refractivity (Wildman–Crippen MR) is 81.9 cm³/mol. The maximum Gasteiger partial charge on any atom is 0.230 e. The van der Waals surface area contributed by atoms with Gasteiger partial charge in [-0.1, -0.05) is 27.6 Å². The molecule has 0 bridgehead atoms. The first-order valence-electron chi connectivity index (χ1n) is 6.49. The topological polar surface area (TPSA) is 25.4 Å². The minimum atomic E-state index is 0.593. The minimum absolute atomic E-state index is 0.593. The Morgan fingerprint density at radius 3 is 2.68 bits per heavy atom. The molecule has 1 aliphatic rings. The Balaban J connectivity index is 1.66. The van der Waals surface area contributed by atoms with Gasteiger partial charge in [0, 0.05) is 19.0 Å². The summed E-state index contributed by atoms with van der Waals surface area (Å²) in [5.74, 6) is 2.16. The van der Waals surface area contributed by atoms with Crippen molar-refractivity contribution in [3.63, 3.8) is 0 Å². The molecule has 19 heavy (non-hydrogen) atoms. The van der Waals surface area contributed by atoms with Gasteiger partial charge in [0.1, 0.15) is 5.75 Å². The summed E-state index contributed by atoms with van der Waals surface area (Å²) in [5.41, 5.74) is 0. The van der Waals surface area contributed by atoms with Crippen LogP contribution in [-0.4, -0.2) is 22.7 Å². The maximum absolute atomic E-state index is 5.76. The second kappa shape index (κ2) is 6.00. The SMILES string of the molecule is PN1CCC(c2nc(Oc3ccccc3)cs2)CC1. The fourth-order valence-corrected chi connectivity index (χ4v) is 3.45. The molecule has 5 heteroatoms. The molecule has 100 valence electrons. The summed E-state index contributed by atoms with van der Waals surface area (Å²) >= 11 is 1.72. The van der Waals surface area contributed by atoms with Gasteiger partial charge in [0.2, 0.25) is 5.88 Å². The maximum atomic E-state index is 5.76. The number of benzene rings is 1. The van der Waals surface area contributed by atoms with Crippen LogP contribution in [0.5, 0.6) is 11.6 Å². The van der Waals surface area contributed by atoms with Gasteiger partial charge in [-0.05, 0) is 25.0 Å². The third-order valence-electron chi connectivity index (χ3n) is 3.35. The van der Waals surface area contributed by atoms with Crippen LogP contribution in [0.3, 0.4) is 0 Å². The van der Waals surface area contributed by atoms with E-state index in [1.807, 2.05) is 35.7 Å². The highest BCUT2D eigenvalue weighted by atomic mass is 32.1. The standard InChI is InChI=1S/C14H17N2OPS/c18-16-8-6-11(7-9-16)14-15-13(10-19-14)17-12-4-2-1-3-5-12/h1-5,10-11H,6-9,18H2. The molecule has 1 saturated heterocycles. The van der Waals surface area contributed by atoms with Crippen molar-refractivity contribution < 1.29 is 4.74 Å². The number of piperidine rings is 1. The first kappa shape index (κ1) is 13.0. The summed E-state index contributed by atoms with van der Waals surface area (Å²) in [4.78, 5) is 4.63. The summed E-state index contributed by atoms with van der Waals surface area (Å²) < 4.78 is 8.05. The van der Waals surface area contributed by atoms with Gasteiger partial charge in [0.25, 0.3) is 0 Å². The molecular formula is C14H17N2OPS. The van der Waals surface area contributed by atoms with E-state index in [0.29, 0.717) is 5.92 Å². The van der Waals surface area contributed by atoms with Gasteiger partial charge in [-0.25, -0.2) is 4.98 Å². The van der Waals surface area contributed by atoms with Gasteiger partial charge in [-0.3, -0.25) is 4.67 Å². The van der Waals surface area contributed by atoms with E-state index >= 15 is 0 Å². The van der Waals surface area contributed by atoms with Crippen molar-refractivity contribution in [2.24, 2.45) is 0 Å². The monoisotopic (exact) mass is 292 g/mol. The summed E-state index contributed by atoms with van der Waals surface area (Å²) in [7, 11) is 2.78. The van der Waals surface area contributed by atoms with Crippen LogP contribution in [0.1, 0.15) is 23.8 Å². The number of para-hydroxylation sites is 1. The summed E-state index contributed by atoms with van der Waals surface area (Å²) in [6.07, 6.45) is 2.36. The van der Waals surface area contributed by atoms with Gasteiger partial charge in [-0.15, -0.1) is 11.3 Å². The Morgan fingerprint density at radius 2 is 1.95 bits per heavy atom. The second-order valence-corrected chi connectivity index (χ2v) is 6.37. The molecule has 2 aromatic rings. The number of hydrogen-bond donors (Lipinski definition) is 0. The Labute approximate surface area is 119 Å². The van der Waals surface area contributed by atoms with Crippen LogP contribution in [-0.2, 0) is 0 Å². The van der Waals surface area contributed by atoms with Crippen LogP contribution in [0.2, 0.25) is 0 Å². The van der Waals surface area contributed by atoms with Crippen molar-refractivity contribution in [2.75, 3.05) is 13.1 Å². The predicted octanol–water partition coefficient (Wildman–Crippen LogP) is 3.90. The smallest absolute Gasteiger partial charge is 0.230 e. The zero-order valence-electron chi connectivity index (χ0n) is 10.7. The molecule has 1 aliphatic heterocycles. The number of nitrogens with zero attached hydrogens (tertiary/aromatic N) is 2. The van der Waals surface area contributed by atoms with Crippen LogP contribution in [0.15, 0.2) is 35.7 Å². The summed E-state index contributed by atoms with van der Waals surface area (Å²) in [6.45, 7) is 2.26. The lowest BCUT2D eigenvalue weighted by atomic mass is 9.99. The molecular weight excluding hydrogens is 275 g/mol. The Kier molecular flexibility index (Phi) is 4.12.